The number of rotatable bonds is 10. The van der Waals surface area contributed by atoms with Crippen LogP contribution in [0.1, 0.15) is 113 Å². The first-order chi connectivity index (χ1) is 32.6. The molecule has 4 aliphatic rings. The first-order valence-electron chi connectivity index (χ1n) is 21.9. The van der Waals surface area contributed by atoms with E-state index < -0.39 is 35.9 Å². The van der Waals surface area contributed by atoms with Gasteiger partial charge in [0.25, 0.3) is 0 Å². The largest absolute Gasteiger partial charge is 1.00 e. The van der Waals surface area contributed by atoms with Crippen molar-refractivity contribution in [3.63, 3.8) is 0 Å². The molecular weight excluding hydrogens is 998 g/mol. The summed E-state index contributed by atoms with van der Waals surface area (Å²) in [5.41, 5.74) is 12.0. The van der Waals surface area contributed by atoms with Gasteiger partial charge >= 0.3 is 35.5 Å². The Morgan fingerprint density at radius 2 is 1.09 bits per heavy atom. The smallest absolute Gasteiger partial charge is 0.857 e. The van der Waals surface area contributed by atoms with Crippen LogP contribution in [0.15, 0.2) is 29.8 Å². The number of carbonyl (C=O) groups excluding carboxylic acids is 1. The molecular formula is C41H59Cl2F8N14NaO4. The van der Waals surface area contributed by atoms with Gasteiger partial charge in [-0.1, -0.05) is 23.2 Å². The number of aliphatic hydroxyl groups excluding tert-OH is 1. The molecule has 1 atom stereocenters. The number of aliphatic imine (C=N–C) groups is 1. The van der Waals surface area contributed by atoms with Gasteiger partial charge in [0.2, 0.25) is 35.6 Å². The summed E-state index contributed by atoms with van der Waals surface area (Å²) in [7, 11) is 3.02. The number of guanidine groups is 1. The summed E-state index contributed by atoms with van der Waals surface area (Å²) in [4.78, 5) is 43.5. The molecule has 3 aromatic rings. The maximum absolute atomic E-state index is 13.5. The maximum atomic E-state index is 13.5. The standard InChI is InChI=1S/C19H22ClF4N7.C14H25F4N5.C6H5ClN2O2.CH4O.CH3O.Na/c20-14-10-25-9-13(28-14)15-29-16(26-11-1-5-18(21,22)6-2-11)31-17(30-15)27-12-3-7-19(23,24)8-4-12;15-13(16)5-1-9(2-6-13)21-11(19)23-12(20)22-10-3-7-14(17,18)8-4-10;1-11-6(10)4-2-8-3-5(7)9-4;2*1-2;/h9-12H,1-8H2,(H2,26,27,29,30,31);9-11,21H,1-8,19H2,(H3,20,22,23);2-3H,1H3;2H,1H3;1H3;/q;;;;-1;+1. The van der Waals surface area contributed by atoms with Gasteiger partial charge in [-0.15, -0.1) is 0 Å². The molecule has 7 rings (SSSR count). The van der Waals surface area contributed by atoms with Crippen molar-refractivity contribution in [2.45, 2.75) is 157 Å². The van der Waals surface area contributed by atoms with Crippen LogP contribution in [0.5, 0.6) is 0 Å². The van der Waals surface area contributed by atoms with E-state index >= 15 is 0 Å². The Morgan fingerprint density at radius 1 is 0.686 bits per heavy atom. The minimum atomic E-state index is -2.64. The van der Waals surface area contributed by atoms with E-state index in [-0.39, 0.29) is 183 Å². The van der Waals surface area contributed by atoms with Crippen molar-refractivity contribution in [1.29, 1.82) is 0 Å². The summed E-state index contributed by atoms with van der Waals surface area (Å²) in [6.07, 6.45) is 5.63. The number of nitrogens with zero attached hydrogens (tertiary/aromatic N) is 8. The number of alkyl halides is 8. The molecule has 4 fully saturated rings. The van der Waals surface area contributed by atoms with Crippen LogP contribution in [-0.2, 0) is 4.74 Å². The number of methoxy groups -OCH3 is 1. The fraction of sp³-hybridized carbons (Fsp3) is 0.683. The number of anilines is 2. The number of ether oxygens (including phenoxy) is 1. The van der Waals surface area contributed by atoms with Crippen molar-refractivity contribution in [3.8, 4) is 11.5 Å². The molecule has 0 saturated heterocycles. The molecule has 3 aromatic heterocycles. The van der Waals surface area contributed by atoms with Crippen LogP contribution in [0.25, 0.3) is 11.5 Å². The summed E-state index contributed by atoms with van der Waals surface area (Å²) < 4.78 is 110. The van der Waals surface area contributed by atoms with Gasteiger partial charge < -0.3 is 36.6 Å². The zero-order valence-electron chi connectivity index (χ0n) is 39.2. The molecule has 0 amide bonds. The zero-order valence-corrected chi connectivity index (χ0v) is 42.7. The predicted molar refractivity (Wildman–Crippen MR) is 240 cm³/mol. The molecule has 4 aliphatic carbocycles. The van der Waals surface area contributed by atoms with E-state index in [4.69, 9.17) is 44.9 Å². The third kappa shape index (κ3) is 22.8. The second kappa shape index (κ2) is 29.8. The Kier molecular flexibility index (Phi) is 26.6. The SMILES string of the molecule is CO.COC(=O)c1cncc(Cl)n1.C[O-].FC1(F)CCC(Nc2nc(NC3CCC(F)(F)CC3)nc(-c3cncc(Cl)n3)n2)CC1.NC(=NC1CCC(F)(F)CC1)NC(N)NC1CCC(F)(F)CC1.[Na+]. The van der Waals surface area contributed by atoms with Gasteiger partial charge in [0, 0.05) is 76.6 Å². The summed E-state index contributed by atoms with van der Waals surface area (Å²) >= 11 is 11.4. The molecule has 0 bridgehead atoms. The quantitative estimate of drug-likeness (QED) is 0.0383. The molecule has 0 aliphatic heterocycles. The van der Waals surface area contributed by atoms with Crippen LogP contribution in [0.2, 0.25) is 10.3 Å². The van der Waals surface area contributed by atoms with Crippen molar-refractivity contribution < 1.29 is 84.4 Å². The molecule has 0 aromatic carbocycles. The number of carbonyl (C=O) groups is 1. The number of nitrogens with one attached hydrogen (secondary N) is 4. The third-order valence-corrected chi connectivity index (χ3v) is 11.4. The van der Waals surface area contributed by atoms with E-state index in [0.29, 0.717) is 18.5 Å². The summed E-state index contributed by atoms with van der Waals surface area (Å²) in [5, 5.41) is 27.5. The van der Waals surface area contributed by atoms with Crippen molar-refractivity contribution in [2.24, 2.45) is 16.5 Å². The van der Waals surface area contributed by atoms with Crippen molar-refractivity contribution in [1.82, 2.24) is 45.5 Å². The van der Waals surface area contributed by atoms with Crippen LogP contribution < -0.4 is 67.4 Å². The molecule has 388 valence electrons. The Morgan fingerprint density at radius 3 is 1.50 bits per heavy atom. The first kappa shape index (κ1) is 62.5. The van der Waals surface area contributed by atoms with Crippen LogP contribution in [0.3, 0.4) is 0 Å². The van der Waals surface area contributed by atoms with Crippen LogP contribution in [0, 0.1) is 0 Å². The number of hydrogen-bond donors (Lipinski definition) is 7. The van der Waals surface area contributed by atoms with Gasteiger partial charge in [-0.3, -0.25) is 26.0 Å². The Hall–Kier alpha value is -3.63. The summed E-state index contributed by atoms with van der Waals surface area (Å²) in [6, 6.07) is -0.746. The molecule has 0 radical (unpaired) electrons. The van der Waals surface area contributed by atoms with Crippen LogP contribution in [0.4, 0.5) is 47.0 Å². The molecule has 18 nitrogen and oxygen atoms in total. The third-order valence-electron chi connectivity index (χ3n) is 11.0. The summed E-state index contributed by atoms with van der Waals surface area (Å²) in [6.45, 7) is 0. The first-order valence-corrected chi connectivity index (χ1v) is 22.6. The van der Waals surface area contributed by atoms with E-state index in [1.807, 2.05) is 0 Å². The normalized spacial score (nSPS) is 20.3. The van der Waals surface area contributed by atoms with Crippen LogP contribution >= 0.6 is 23.2 Å². The van der Waals surface area contributed by atoms with Gasteiger partial charge in [-0.05, 0) is 51.4 Å². The van der Waals surface area contributed by atoms with Crippen molar-refractivity contribution >= 4 is 47.0 Å². The number of hydrogen-bond acceptors (Lipinski definition) is 16. The molecule has 4 saturated carbocycles. The van der Waals surface area contributed by atoms with Gasteiger partial charge in [0.1, 0.15) is 22.3 Å². The predicted octanol–water partition coefficient (Wildman–Crippen LogP) is 3.35. The second-order valence-corrected chi connectivity index (χ2v) is 17.1. The van der Waals surface area contributed by atoms with Gasteiger partial charge in [0.05, 0.1) is 37.9 Å². The number of nitrogens with two attached hydrogens (primary N) is 2. The minimum absolute atomic E-state index is 0. The van der Waals surface area contributed by atoms with E-state index in [1.165, 1.54) is 31.9 Å². The second-order valence-electron chi connectivity index (χ2n) is 16.3. The van der Waals surface area contributed by atoms with E-state index in [1.54, 1.807) is 0 Å². The van der Waals surface area contributed by atoms with E-state index in [9.17, 15) is 39.9 Å². The van der Waals surface area contributed by atoms with Gasteiger partial charge in [-0.25, -0.2) is 49.9 Å². The number of halogens is 10. The Bertz CT molecular complexity index is 1990. The fourth-order valence-corrected chi connectivity index (χ4v) is 7.69. The average molecular weight is 1060 g/mol. The van der Waals surface area contributed by atoms with Crippen molar-refractivity contribution in [2.75, 3.05) is 32.0 Å². The average Bonchev–Trinajstić information content (AvgIpc) is 3.30. The molecule has 1 unspecified atom stereocenters. The number of aromatic nitrogens is 7. The van der Waals surface area contributed by atoms with Gasteiger partial charge in [-0.2, -0.15) is 22.1 Å². The maximum Gasteiger partial charge on any atom is 1.00 e. The van der Waals surface area contributed by atoms with E-state index in [0.717, 1.165) is 14.2 Å². The Labute approximate surface area is 432 Å². The minimum Gasteiger partial charge on any atom is -0.857 e. The monoisotopic (exact) mass is 1060 g/mol. The molecule has 3 heterocycles. The van der Waals surface area contributed by atoms with Crippen LogP contribution in [-0.4, -0.2) is 127 Å². The molecule has 0 spiro atoms. The fourth-order valence-electron chi connectivity index (χ4n) is 7.40. The molecule has 70 heavy (non-hydrogen) atoms. The van der Waals surface area contributed by atoms with E-state index in [2.05, 4.69) is 65.9 Å². The molecule has 29 heteroatoms. The Balaban J connectivity index is 0.000000378. The zero-order chi connectivity index (χ0) is 51.4. The molecule has 9 N–H and O–H groups in total. The topological polar surface area (TPSA) is 272 Å². The number of aliphatic hydroxyl groups is 1. The van der Waals surface area contributed by atoms with Crippen molar-refractivity contribution in [3.05, 3.63) is 40.8 Å². The van der Waals surface area contributed by atoms with Gasteiger partial charge in [0.15, 0.2) is 17.5 Å². The number of esters is 1. The summed E-state index contributed by atoms with van der Waals surface area (Å²) in [5.74, 6) is -10.3.